The molecule has 36 heavy (non-hydrogen) atoms. The third-order valence-corrected chi connectivity index (χ3v) is 6.95. The number of sulfone groups is 1. The number of carbonyl (C=O) groups is 1. The summed E-state index contributed by atoms with van der Waals surface area (Å²) in [4.78, 5) is 15.3. The van der Waals surface area contributed by atoms with Crippen molar-refractivity contribution in [1.82, 2.24) is 4.98 Å². The molecule has 0 amide bonds. The van der Waals surface area contributed by atoms with Crippen LogP contribution in [0.1, 0.15) is 35.4 Å². The highest BCUT2D eigenvalue weighted by atomic mass is 32.2. The van der Waals surface area contributed by atoms with Gasteiger partial charge in [0.15, 0.2) is 0 Å². The fourth-order valence-electron chi connectivity index (χ4n) is 4.15. The highest BCUT2D eigenvalue weighted by Crippen LogP contribution is 2.37. The maximum atomic E-state index is 11.2. The van der Waals surface area contributed by atoms with Gasteiger partial charge in [-0.2, -0.15) is 0 Å². The van der Waals surface area contributed by atoms with E-state index in [4.69, 9.17) is 19.3 Å². The number of carboxylic acid groups (broad SMARTS) is 1. The Morgan fingerprint density at radius 3 is 2.75 bits per heavy atom. The van der Waals surface area contributed by atoms with Gasteiger partial charge in [0, 0.05) is 30.0 Å². The Balaban J connectivity index is 1.37. The number of aliphatic carboxylic acids is 1. The molecule has 0 spiro atoms. The Bertz CT molecular complexity index is 1350. The zero-order chi connectivity index (χ0) is 25.7. The molecule has 0 aliphatic carbocycles. The van der Waals surface area contributed by atoms with Crippen LogP contribution in [0.4, 0.5) is 0 Å². The molecule has 9 heteroatoms. The summed E-state index contributed by atoms with van der Waals surface area (Å²) in [7, 11) is -2.99. The molecular weight excluding hydrogens is 482 g/mol. The second-order valence-corrected chi connectivity index (χ2v) is 11.2. The van der Waals surface area contributed by atoms with E-state index in [0.29, 0.717) is 43.6 Å². The van der Waals surface area contributed by atoms with Crippen LogP contribution < -0.4 is 14.2 Å². The van der Waals surface area contributed by atoms with Gasteiger partial charge < -0.3 is 19.3 Å². The van der Waals surface area contributed by atoms with Gasteiger partial charge in [-0.3, -0.25) is 4.79 Å². The lowest BCUT2D eigenvalue weighted by Crippen LogP contribution is -2.08. The number of benzene rings is 2. The van der Waals surface area contributed by atoms with Gasteiger partial charge in [0.25, 0.3) is 0 Å². The zero-order valence-corrected chi connectivity index (χ0v) is 21.1. The first-order valence-electron chi connectivity index (χ1n) is 11.7. The van der Waals surface area contributed by atoms with E-state index in [1.165, 1.54) is 6.26 Å². The maximum absolute atomic E-state index is 11.2. The number of nitrogens with zero attached hydrogens (tertiary/aromatic N) is 1. The van der Waals surface area contributed by atoms with E-state index < -0.39 is 15.8 Å². The van der Waals surface area contributed by atoms with E-state index in [0.717, 1.165) is 27.8 Å². The van der Waals surface area contributed by atoms with Crippen molar-refractivity contribution in [2.24, 2.45) is 0 Å². The average molecular weight is 512 g/mol. The summed E-state index contributed by atoms with van der Waals surface area (Å²) in [5.74, 6) is 0.803. The van der Waals surface area contributed by atoms with Crippen molar-refractivity contribution in [3.63, 3.8) is 0 Å². The summed E-state index contributed by atoms with van der Waals surface area (Å²) in [5, 5.41) is 9.04. The topological polar surface area (TPSA) is 112 Å². The third kappa shape index (κ3) is 6.75. The normalized spacial score (nSPS) is 14.7. The van der Waals surface area contributed by atoms with E-state index in [9.17, 15) is 13.2 Å². The number of pyridine rings is 1. The highest BCUT2D eigenvalue weighted by Gasteiger charge is 2.27. The summed E-state index contributed by atoms with van der Waals surface area (Å²) < 4.78 is 39.7. The second-order valence-electron chi connectivity index (χ2n) is 8.96. The molecule has 2 heterocycles. The fourth-order valence-corrected chi connectivity index (χ4v) is 4.79. The van der Waals surface area contributed by atoms with E-state index in [1.54, 1.807) is 12.3 Å². The Kier molecular flexibility index (Phi) is 7.79. The van der Waals surface area contributed by atoms with Crippen LogP contribution in [0.25, 0.3) is 11.1 Å². The SMILES string of the molecule is Cc1cc(OCCCS(C)(=O)=O)ccc1-c1cccc(COc2cc3c(cn2)C(CC(=O)O)CO3)c1. The van der Waals surface area contributed by atoms with Crippen molar-refractivity contribution in [2.45, 2.75) is 32.3 Å². The van der Waals surface area contributed by atoms with Gasteiger partial charge in [0.05, 0.1) is 25.4 Å². The molecule has 4 rings (SSSR count). The minimum absolute atomic E-state index is 0.0113. The predicted octanol–water partition coefficient (Wildman–Crippen LogP) is 4.40. The van der Waals surface area contributed by atoms with E-state index >= 15 is 0 Å². The number of aryl methyl sites for hydroxylation is 1. The van der Waals surface area contributed by atoms with Crippen molar-refractivity contribution in [1.29, 1.82) is 0 Å². The molecular formula is C27H29NO7S. The predicted molar refractivity (Wildman–Crippen MR) is 135 cm³/mol. The van der Waals surface area contributed by atoms with E-state index in [1.807, 2.05) is 43.3 Å². The van der Waals surface area contributed by atoms with Gasteiger partial charge in [0.2, 0.25) is 5.88 Å². The second kappa shape index (κ2) is 11.0. The van der Waals surface area contributed by atoms with Gasteiger partial charge in [-0.05, 0) is 53.8 Å². The minimum Gasteiger partial charge on any atom is -0.494 e. The van der Waals surface area contributed by atoms with Gasteiger partial charge in [-0.1, -0.05) is 24.3 Å². The van der Waals surface area contributed by atoms with Gasteiger partial charge in [-0.25, -0.2) is 13.4 Å². The number of ether oxygens (including phenoxy) is 3. The fraction of sp³-hybridized carbons (Fsp3) is 0.333. The van der Waals surface area contributed by atoms with Crippen molar-refractivity contribution in [2.75, 3.05) is 25.2 Å². The summed E-state index contributed by atoms with van der Waals surface area (Å²) in [5.41, 5.74) is 4.92. The number of hydrogen-bond donors (Lipinski definition) is 1. The Morgan fingerprint density at radius 2 is 2.00 bits per heavy atom. The minimum atomic E-state index is -2.99. The van der Waals surface area contributed by atoms with Crippen molar-refractivity contribution in [3.8, 4) is 28.5 Å². The number of carboxylic acids is 1. The third-order valence-electron chi connectivity index (χ3n) is 5.92. The van der Waals surface area contributed by atoms with Crippen molar-refractivity contribution >= 4 is 15.8 Å². The molecule has 1 N–H and O–H groups in total. The Morgan fingerprint density at radius 1 is 1.17 bits per heavy atom. The quantitative estimate of drug-likeness (QED) is 0.377. The molecule has 0 saturated heterocycles. The molecule has 2 aromatic carbocycles. The Hall–Kier alpha value is -3.59. The van der Waals surface area contributed by atoms with Crippen LogP contribution in [-0.4, -0.2) is 49.7 Å². The van der Waals surface area contributed by atoms with Crippen LogP contribution in [-0.2, 0) is 21.2 Å². The molecule has 1 atom stereocenters. The first-order chi connectivity index (χ1) is 17.2. The Labute approximate surface area is 210 Å². The van der Waals surface area contributed by atoms with Crippen LogP contribution in [0, 0.1) is 6.92 Å². The van der Waals surface area contributed by atoms with Crippen LogP contribution in [0.3, 0.4) is 0 Å². The summed E-state index contributed by atoms with van der Waals surface area (Å²) in [6.45, 7) is 3.01. The smallest absolute Gasteiger partial charge is 0.304 e. The van der Waals surface area contributed by atoms with E-state index in [-0.39, 0.29) is 18.1 Å². The monoisotopic (exact) mass is 511 g/mol. The molecule has 1 aliphatic heterocycles. The first-order valence-corrected chi connectivity index (χ1v) is 13.7. The molecule has 3 aromatic rings. The number of aromatic nitrogens is 1. The molecule has 1 aromatic heterocycles. The van der Waals surface area contributed by atoms with Gasteiger partial charge >= 0.3 is 5.97 Å². The number of hydrogen-bond acceptors (Lipinski definition) is 7. The molecule has 1 unspecified atom stereocenters. The maximum Gasteiger partial charge on any atom is 0.304 e. The lowest BCUT2D eigenvalue weighted by molar-refractivity contribution is -0.137. The lowest BCUT2D eigenvalue weighted by atomic mass is 9.99. The van der Waals surface area contributed by atoms with Crippen LogP contribution >= 0.6 is 0 Å². The molecule has 0 saturated carbocycles. The number of rotatable bonds is 11. The molecule has 0 radical (unpaired) electrons. The van der Waals surface area contributed by atoms with Crippen LogP contribution in [0.2, 0.25) is 0 Å². The largest absolute Gasteiger partial charge is 0.494 e. The molecule has 0 fully saturated rings. The molecule has 8 nitrogen and oxygen atoms in total. The lowest BCUT2D eigenvalue weighted by Gasteiger charge is -2.12. The highest BCUT2D eigenvalue weighted by molar-refractivity contribution is 7.90. The van der Waals surface area contributed by atoms with E-state index in [2.05, 4.69) is 11.1 Å². The average Bonchev–Trinajstić information content (AvgIpc) is 3.21. The van der Waals surface area contributed by atoms with Crippen LogP contribution in [0.15, 0.2) is 54.7 Å². The summed E-state index contributed by atoms with van der Waals surface area (Å²) in [6.07, 6.45) is 3.32. The standard InChI is InChI=1S/C27H29NO7S/c1-18-11-22(33-9-4-10-36(2,31)32)7-8-23(18)20-6-3-5-19(12-20)16-35-26-14-25-24(15-28-26)21(17-34-25)13-27(29)30/h3,5-8,11-12,14-15,21H,4,9-10,13,16-17H2,1-2H3,(H,29,30). The molecule has 1 aliphatic rings. The molecule has 190 valence electrons. The first kappa shape index (κ1) is 25.5. The van der Waals surface area contributed by atoms with Crippen molar-refractivity contribution < 1.29 is 32.5 Å². The number of fused-ring (bicyclic) bond motifs is 1. The summed E-state index contributed by atoms with van der Waals surface area (Å²) in [6, 6.07) is 15.6. The van der Waals surface area contributed by atoms with Gasteiger partial charge in [-0.15, -0.1) is 0 Å². The van der Waals surface area contributed by atoms with Gasteiger partial charge in [0.1, 0.15) is 27.9 Å². The van der Waals surface area contributed by atoms with Crippen LogP contribution in [0.5, 0.6) is 17.4 Å². The molecule has 0 bridgehead atoms. The zero-order valence-electron chi connectivity index (χ0n) is 20.3. The van der Waals surface area contributed by atoms with Crippen molar-refractivity contribution in [3.05, 3.63) is 71.4 Å². The summed E-state index contributed by atoms with van der Waals surface area (Å²) >= 11 is 0.